The average Bonchev–Trinajstić information content (AvgIpc) is 3.18. The molecule has 2 saturated heterocycles. The van der Waals surface area contributed by atoms with E-state index in [2.05, 4.69) is 16.3 Å². The summed E-state index contributed by atoms with van der Waals surface area (Å²) in [6.07, 6.45) is 4.59. The van der Waals surface area contributed by atoms with Gasteiger partial charge in [-0.1, -0.05) is 23.7 Å². The molecule has 3 aliphatic rings. The quantitative estimate of drug-likeness (QED) is 0.911. The minimum Gasteiger partial charge on any atom is -0.341 e. The second kappa shape index (κ2) is 5.29. The minimum atomic E-state index is 0.181. The van der Waals surface area contributed by atoms with E-state index in [0.29, 0.717) is 23.9 Å². The molecule has 0 aromatic heterocycles. The fraction of sp³-hybridized carbons (Fsp3) is 0.588. The van der Waals surface area contributed by atoms with E-state index >= 15 is 0 Å². The summed E-state index contributed by atoms with van der Waals surface area (Å²) in [5.74, 6) is 0.916. The van der Waals surface area contributed by atoms with E-state index in [1.807, 2.05) is 18.2 Å². The van der Waals surface area contributed by atoms with E-state index in [1.54, 1.807) is 0 Å². The lowest BCUT2D eigenvalue weighted by Gasteiger charge is -2.24. The van der Waals surface area contributed by atoms with Gasteiger partial charge in [0.25, 0.3) is 0 Å². The van der Waals surface area contributed by atoms with Crippen molar-refractivity contribution in [1.29, 1.82) is 0 Å². The number of halogens is 1. The van der Waals surface area contributed by atoms with Gasteiger partial charge in [0.2, 0.25) is 5.91 Å². The van der Waals surface area contributed by atoms with Gasteiger partial charge < -0.3 is 10.2 Å². The molecule has 1 N–H and O–H groups in total. The van der Waals surface area contributed by atoms with Crippen molar-refractivity contribution in [3.63, 3.8) is 0 Å². The number of likely N-dealkylation sites (tertiary alicyclic amines) is 1. The van der Waals surface area contributed by atoms with Gasteiger partial charge in [0.15, 0.2) is 0 Å². The highest BCUT2D eigenvalue weighted by molar-refractivity contribution is 6.30. The van der Waals surface area contributed by atoms with Crippen LogP contribution in [0.3, 0.4) is 0 Å². The van der Waals surface area contributed by atoms with E-state index in [9.17, 15) is 4.79 Å². The molecule has 2 bridgehead atoms. The van der Waals surface area contributed by atoms with Crippen LogP contribution in [0.15, 0.2) is 24.3 Å². The number of benzene rings is 1. The Hall–Kier alpha value is -1.06. The molecule has 3 fully saturated rings. The van der Waals surface area contributed by atoms with Crippen molar-refractivity contribution in [3.05, 3.63) is 34.9 Å². The van der Waals surface area contributed by atoms with Crippen LogP contribution >= 0.6 is 11.6 Å². The fourth-order valence-electron chi connectivity index (χ4n) is 3.95. The first kappa shape index (κ1) is 13.6. The van der Waals surface area contributed by atoms with Crippen LogP contribution < -0.4 is 5.32 Å². The summed E-state index contributed by atoms with van der Waals surface area (Å²) in [6, 6.07) is 9.12. The molecular weight excluding hydrogens is 284 g/mol. The van der Waals surface area contributed by atoms with Gasteiger partial charge in [0.05, 0.1) is 0 Å². The normalized spacial score (nSPS) is 34.6. The van der Waals surface area contributed by atoms with Gasteiger partial charge in [0.1, 0.15) is 0 Å². The van der Waals surface area contributed by atoms with Gasteiger partial charge in [-0.15, -0.1) is 0 Å². The van der Waals surface area contributed by atoms with Crippen LogP contribution in [-0.2, 0) is 4.79 Å². The Morgan fingerprint density at radius 1 is 1.24 bits per heavy atom. The van der Waals surface area contributed by atoms with E-state index in [0.717, 1.165) is 31.0 Å². The molecule has 0 spiro atoms. The van der Waals surface area contributed by atoms with Crippen molar-refractivity contribution >= 4 is 17.5 Å². The number of amides is 1. The molecule has 112 valence electrons. The zero-order valence-electron chi connectivity index (χ0n) is 12.1. The summed E-state index contributed by atoms with van der Waals surface area (Å²) in [5.41, 5.74) is 1.22. The van der Waals surface area contributed by atoms with E-state index < -0.39 is 0 Å². The van der Waals surface area contributed by atoms with Crippen LogP contribution in [0.1, 0.15) is 37.2 Å². The lowest BCUT2D eigenvalue weighted by atomic mass is 10.1. The molecule has 1 amide bonds. The van der Waals surface area contributed by atoms with E-state index in [4.69, 9.17) is 11.6 Å². The van der Waals surface area contributed by atoms with Crippen molar-refractivity contribution in [3.8, 4) is 0 Å². The molecule has 2 aliphatic heterocycles. The highest BCUT2D eigenvalue weighted by atomic mass is 35.5. The first-order chi connectivity index (χ1) is 10.2. The van der Waals surface area contributed by atoms with Gasteiger partial charge in [-0.3, -0.25) is 4.79 Å². The lowest BCUT2D eigenvalue weighted by Crippen LogP contribution is -2.40. The Balaban J connectivity index is 1.42. The Bertz CT molecular complexity index is 561. The highest BCUT2D eigenvalue weighted by Gasteiger charge is 2.46. The number of carbonyl (C=O) groups is 1. The number of rotatable bonds is 2. The molecule has 3 nitrogen and oxygen atoms in total. The van der Waals surface area contributed by atoms with Crippen LogP contribution in [0.25, 0.3) is 0 Å². The second-order valence-electron chi connectivity index (χ2n) is 6.71. The van der Waals surface area contributed by atoms with Crippen LogP contribution in [0, 0.1) is 5.92 Å². The van der Waals surface area contributed by atoms with Crippen molar-refractivity contribution in [2.75, 3.05) is 13.1 Å². The summed E-state index contributed by atoms with van der Waals surface area (Å²) in [6.45, 7) is 1.82. The lowest BCUT2D eigenvalue weighted by molar-refractivity contribution is -0.132. The Morgan fingerprint density at radius 2 is 2.10 bits per heavy atom. The Morgan fingerprint density at radius 3 is 2.95 bits per heavy atom. The van der Waals surface area contributed by atoms with Crippen molar-refractivity contribution in [2.45, 2.75) is 43.7 Å². The fourth-order valence-corrected chi connectivity index (χ4v) is 4.15. The third-order valence-electron chi connectivity index (χ3n) is 5.22. The predicted molar refractivity (Wildman–Crippen MR) is 83.4 cm³/mol. The zero-order chi connectivity index (χ0) is 14.4. The number of hydrogen-bond acceptors (Lipinski definition) is 2. The Kier molecular flexibility index (Phi) is 3.43. The van der Waals surface area contributed by atoms with Crippen molar-refractivity contribution < 1.29 is 4.79 Å². The molecule has 1 aromatic rings. The zero-order valence-corrected chi connectivity index (χ0v) is 12.9. The topological polar surface area (TPSA) is 32.3 Å². The average molecular weight is 305 g/mol. The smallest absolute Gasteiger partial charge is 0.226 e. The molecule has 4 rings (SSSR count). The van der Waals surface area contributed by atoms with E-state index in [1.165, 1.54) is 18.4 Å². The van der Waals surface area contributed by atoms with Crippen molar-refractivity contribution in [1.82, 2.24) is 10.2 Å². The standard InChI is InChI=1S/C17H21ClN2O/c18-12-3-1-2-11(8-12)15-9-16(15)17(21)20-7-6-13-4-5-14(10-20)19-13/h1-3,8,13-16,19H,4-7,9-10H2. The molecule has 4 unspecified atom stereocenters. The van der Waals surface area contributed by atoms with Gasteiger partial charge >= 0.3 is 0 Å². The summed E-state index contributed by atoms with van der Waals surface area (Å²) in [7, 11) is 0. The van der Waals surface area contributed by atoms with Gasteiger partial charge in [-0.2, -0.15) is 0 Å². The maximum absolute atomic E-state index is 12.7. The highest BCUT2D eigenvalue weighted by Crippen LogP contribution is 2.49. The van der Waals surface area contributed by atoms with Crippen LogP contribution in [0.2, 0.25) is 5.02 Å². The number of hydrogen-bond donors (Lipinski definition) is 1. The van der Waals surface area contributed by atoms with Crippen LogP contribution in [0.4, 0.5) is 0 Å². The monoisotopic (exact) mass is 304 g/mol. The molecule has 1 aromatic carbocycles. The molecule has 4 heteroatoms. The third-order valence-corrected chi connectivity index (χ3v) is 5.45. The molecule has 2 heterocycles. The summed E-state index contributed by atoms with van der Waals surface area (Å²) in [4.78, 5) is 14.8. The third kappa shape index (κ3) is 2.69. The van der Waals surface area contributed by atoms with Crippen LogP contribution in [-0.4, -0.2) is 36.0 Å². The number of carbonyl (C=O) groups excluding carboxylic acids is 1. The minimum absolute atomic E-state index is 0.181. The molecule has 4 atom stereocenters. The van der Waals surface area contributed by atoms with E-state index in [-0.39, 0.29) is 5.92 Å². The van der Waals surface area contributed by atoms with Crippen molar-refractivity contribution in [2.24, 2.45) is 5.92 Å². The van der Waals surface area contributed by atoms with Gasteiger partial charge in [-0.05, 0) is 49.3 Å². The largest absolute Gasteiger partial charge is 0.341 e. The molecular formula is C17H21ClN2O. The number of fused-ring (bicyclic) bond motifs is 2. The molecule has 0 radical (unpaired) electrons. The van der Waals surface area contributed by atoms with Crippen LogP contribution in [0.5, 0.6) is 0 Å². The number of nitrogens with one attached hydrogen (secondary N) is 1. The molecule has 1 saturated carbocycles. The second-order valence-corrected chi connectivity index (χ2v) is 7.15. The summed E-state index contributed by atoms with van der Waals surface area (Å²) >= 11 is 6.05. The molecule has 21 heavy (non-hydrogen) atoms. The summed E-state index contributed by atoms with van der Waals surface area (Å²) < 4.78 is 0. The SMILES string of the molecule is O=C(C1CC1c1cccc(Cl)c1)N1CCC2CCC(C1)N2. The maximum Gasteiger partial charge on any atom is 0.226 e. The predicted octanol–water partition coefficient (Wildman–Crippen LogP) is 2.80. The van der Waals surface area contributed by atoms with Gasteiger partial charge in [-0.25, -0.2) is 0 Å². The Labute approximate surface area is 130 Å². The van der Waals surface area contributed by atoms with Gasteiger partial charge in [0, 0.05) is 36.1 Å². The first-order valence-electron chi connectivity index (χ1n) is 8.01. The maximum atomic E-state index is 12.7. The summed E-state index contributed by atoms with van der Waals surface area (Å²) in [5, 5.41) is 4.40. The molecule has 1 aliphatic carbocycles. The first-order valence-corrected chi connectivity index (χ1v) is 8.39. The number of nitrogens with zero attached hydrogens (tertiary/aromatic N) is 1.